The molecule has 0 spiro atoms. The zero-order chi connectivity index (χ0) is 13.7. The third-order valence-corrected chi connectivity index (χ3v) is 4.05. The Labute approximate surface area is 115 Å². The number of carbonyl (C=O) groups is 1. The van der Waals surface area contributed by atoms with Crippen LogP contribution in [0.4, 0.5) is 4.79 Å². The number of amides is 2. The minimum absolute atomic E-state index is 0.153. The third-order valence-electron chi connectivity index (χ3n) is 4.05. The van der Waals surface area contributed by atoms with Crippen LogP contribution >= 0.6 is 0 Å². The smallest absolute Gasteiger partial charge is 0.314 e. The van der Waals surface area contributed by atoms with Crippen LogP contribution in [0.3, 0.4) is 0 Å². The lowest BCUT2D eigenvalue weighted by molar-refractivity contribution is 0.160. The Bertz CT molecular complexity index is 294. The Balaban J connectivity index is 1.53. The zero-order valence-electron chi connectivity index (χ0n) is 11.9. The number of aliphatic hydroxyl groups excluding tert-OH is 1. The van der Waals surface area contributed by atoms with Gasteiger partial charge in [-0.25, -0.2) is 4.79 Å². The van der Waals surface area contributed by atoms with Crippen molar-refractivity contribution in [1.29, 1.82) is 0 Å². The molecule has 1 aliphatic heterocycles. The van der Waals surface area contributed by atoms with Gasteiger partial charge < -0.3 is 20.6 Å². The number of hydrogen-bond donors (Lipinski definition) is 3. The van der Waals surface area contributed by atoms with E-state index < -0.39 is 6.10 Å². The SMILES string of the molecule is CCCC(O)CNC(=O)NCC1CCN(C2CC2)C1. The first kappa shape index (κ1) is 14.6. The monoisotopic (exact) mass is 269 g/mol. The van der Waals surface area contributed by atoms with E-state index in [9.17, 15) is 9.90 Å². The van der Waals surface area contributed by atoms with Gasteiger partial charge in [0.2, 0.25) is 0 Å². The summed E-state index contributed by atoms with van der Waals surface area (Å²) in [6.45, 7) is 5.43. The lowest BCUT2D eigenvalue weighted by Gasteiger charge is -2.16. The first-order valence-electron chi connectivity index (χ1n) is 7.62. The average Bonchev–Trinajstić information content (AvgIpc) is 3.14. The number of likely N-dealkylation sites (tertiary alicyclic amines) is 1. The van der Waals surface area contributed by atoms with Crippen molar-refractivity contribution in [2.45, 2.75) is 51.2 Å². The van der Waals surface area contributed by atoms with Gasteiger partial charge in [-0.05, 0) is 38.1 Å². The number of hydrogen-bond acceptors (Lipinski definition) is 3. The molecule has 110 valence electrons. The summed E-state index contributed by atoms with van der Waals surface area (Å²) in [4.78, 5) is 14.1. The Morgan fingerprint density at radius 3 is 2.84 bits per heavy atom. The van der Waals surface area contributed by atoms with Gasteiger partial charge in [0.1, 0.15) is 0 Å². The normalized spacial score (nSPS) is 25.3. The second kappa shape index (κ2) is 7.10. The van der Waals surface area contributed by atoms with Crippen molar-refractivity contribution in [3.05, 3.63) is 0 Å². The average molecular weight is 269 g/mol. The van der Waals surface area contributed by atoms with Gasteiger partial charge in [-0.15, -0.1) is 0 Å². The molecule has 0 aromatic rings. The van der Waals surface area contributed by atoms with Crippen LogP contribution in [0.1, 0.15) is 39.0 Å². The molecule has 2 atom stereocenters. The van der Waals surface area contributed by atoms with Gasteiger partial charge in [0.15, 0.2) is 0 Å². The standard InChI is InChI=1S/C14H27N3O2/c1-2-3-13(18)9-16-14(19)15-8-11-6-7-17(10-11)12-4-5-12/h11-13,18H,2-10H2,1H3,(H2,15,16,19). The lowest BCUT2D eigenvalue weighted by atomic mass is 10.1. The van der Waals surface area contributed by atoms with Crippen LogP contribution in [-0.2, 0) is 0 Å². The van der Waals surface area contributed by atoms with Gasteiger partial charge in [0, 0.05) is 25.7 Å². The van der Waals surface area contributed by atoms with Crippen molar-refractivity contribution in [1.82, 2.24) is 15.5 Å². The minimum atomic E-state index is -0.424. The molecule has 3 N–H and O–H groups in total. The van der Waals surface area contributed by atoms with Crippen LogP contribution in [0.2, 0.25) is 0 Å². The molecule has 1 saturated heterocycles. The van der Waals surface area contributed by atoms with E-state index in [0.29, 0.717) is 12.5 Å². The van der Waals surface area contributed by atoms with Crippen molar-refractivity contribution in [2.75, 3.05) is 26.2 Å². The number of rotatable bonds is 7. The van der Waals surface area contributed by atoms with Gasteiger partial charge in [-0.3, -0.25) is 0 Å². The van der Waals surface area contributed by atoms with Crippen LogP contribution in [-0.4, -0.2) is 54.4 Å². The van der Waals surface area contributed by atoms with Gasteiger partial charge >= 0.3 is 6.03 Å². The number of nitrogens with zero attached hydrogens (tertiary/aromatic N) is 1. The van der Waals surface area contributed by atoms with E-state index in [2.05, 4.69) is 15.5 Å². The molecule has 2 fully saturated rings. The van der Waals surface area contributed by atoms with E-state index in [1.165, 1.54) is 25.8 Å². The second-order valence-corrected chi connectivity index (χ2v) is 5.91. The Morgan fingerprint density at radius 2 is 2.16 bits per heavy atom. The maximum atomic E-state index is 11.6. The molecule has 1 aliphatic carbocycles. The highest BCUT2D eigenvalue weighted by Gasteiger charge is 2.34. The molecule has 2 rings (SSSR count). The number of urea groups is 1. The van der Waals surface area contributed by atoms with Crippen LogP contribution < -0.4 is 10.6 Å². The van der Waals surface area contributed by atoms with Gasteiger partial charge in [0.05, 0.1) is 6.10 Å². The van der Waals surface area contributed by atoms with Crippen LogP contribution in [0, 0.1) is 5.92 Å². The molecule has 2 aliphatic rings. The maximum absolute atomic E-state index is 11.6. The number of aliphatic hydroxyl groups is 1. The third kappa shape index (κ3) is 4.99. The summed E-state index contributed by atoms with van der Waals surface area (Å²) in [6.07, 6.45) is 5.15. The van der Waals surface area contributed by atoms with E-state index in [1.54, 1.807) is 0 Å². The highest BCUT2D eigenvalue weighted by Crippen LogP contribution is 2.31. The fourth-order valence-electron chi connectivity index (χ4n) is 2.75. The quantitative estimate of drug-likeness (QED) is 0.644. The number of carbonyl (C=O) groups excluding carboxylic acids is 1. The van der Waals surface area contributed by atoms with Crippen LogP contribution in [0.5, 0.6) is 0 Å². The van der Waals surface area contributed by atoms with Crippen LogP contribution in [0.25, 0.3) is 0 Å². The number of nitrogens with one attached hydrogen (secondary N) is 2. The van der Waals surface area contributed by atoms with E-state index in [0.717, 1.165) is 32.0 Å². The fourth-order valence-corrected chi connectivity index (χ4v) is 2.75. The molecule has 0 radical (unpaired) electrons. The summed E-state index contributed by atoms with van der Waals surface area (Å²) in [5.41, 5.74) is 0. The molecule has 0 bridgehead atoms. The van der Waals surface area contributed by atoms with Crippen molar-refractivity contribution in [2.24, 2.45) is 5.92 Å². The van der Waals surface area contributed by atoms with Crippen molar-refractivity contribution >= 4 is 6.03 Å². The molecule has 2 amide bonds. The van der Waals surface area contributed by atoms with Crippen molar-refractivity contribution in [3.63, 3.8) is 0 Å². The molecule has 2 unspecified atom stereocenters. The predicted molar refractivity (Wildman–Crippen MR) is 75.0 cm³/mol. The van der Waals surface area contributed by atoms with E-state index in [1.807, 2.05) is 6.92 Å². The predicted octanol–water partition coefficient (Wildman–Crippen LogP) is 0.931. The highest BCUT2D eigenvalue weighted by atomic mass is 16.3. The largest absolute Gasteiger partial charge is 0.391 e. The zero-order valence-corrected chi connectivity index (χ0v) is 11.9. The van der Waals surface area contributed by atoms with E-state index in [4.69, 9.17) is 0 Å². The lowest BCUT2D eigenvalue weighted by Crippen LogP contribution is -2.41. The molecule has 0 aromatic heterocycles. The molecular formula is C14H27N3O2. The Morgan fingerprint density at radius 1 is 1.37 bits per heavy atom. The second-order valence-electron chi connectivity index (χ2n) is 5.91. The Hall–Kier alpha value is -0.810. The minimum Gasteiger partial charge on any atom is -0.391 e. The highest BCUT2D eigenvalue weighted by molar-refractivity contribution is 5.73. The summed E-state index contributed by atoms with van der Waals surface area (Å²) >= 11 is 0. The topological polar surface area (TPSA) is 64.6 Å². The molecule has 1 heterocycles. The molecule has 5 nitrogen and oxygen atoms in total. The summed E-state index contributed by atoms with van der Waals surface area (Å²) in [7, 11) is 0. The van der Waals surface area contributed by atoms with Gasteiger partial charge in [-0.2, -0.15) is 0 Å². The van der Waals surface area contributed by atoms with E-state index in [-0.39, 0.29) is 6.03 Å². The first-order valence-corrected chi connectivity index (χ1v) is 7.62. The van der Waals surface area contributed by atoms with E-state index >= 15 is 0 Å². The van der Waals surface area contributed by atoms with Gasteiger partial charge in [-0.1, -0.05) is 13.3 Å². The summed E-state index contributed by atoms with van der Waals surface area (Å²) in [5, 5.41) is 15.2. The molecule has 1 saturated carbocycles. The summed E-state index contributed by atoms with van der Waals surface area (Å²) < 4.78 is 0. The fraction of sp³-hybridized carbons (Fsp3) is 0.929. The summed E-state index contributed by atoms with van der Waals surface area (Å²) in [6, 6.07) is 0.683. The Kier molecular flexibility index (Phi) is 5.45. The maximum Gasteiger partial charge on any atom is 0.314 e. The van der Waals surface area contributed by atoms with Gasteiger partial charge in [0.25, 0.3) is 0 Å². The first-order chi connectivity index (χ1) is 9.19. The van der Waals surface area contributed by atoms with Crippen LogP contribution in [0.15, 0.2) is 0 Å². The molecular weight excluding hydrogens is 242 g/mol. The van der Waals surface area contributed by atoms with Crippen molar-refractivity contribution < 1.29 is 9.90 Å². The molecule has 19 heavy (non-hydrogen) atoms. The van der Waals surface area contributed by atoms with Crippen molar-refractivity contribution in [3.8, 4) is 0 Å². The molecule has 5 heteroatoms. The summed E-state index contributed by atoms with van der Waals surface area (Å²) in [5.74, 6) is 0.590. The molecule has 0 aromatic carbocycles.